The Morgan fingerprint density at radius 1 is 0.914 bits per heavy atom. The standard InChI is InChI=1S/C27H30N2O6/c30-23(29-15-13-27(34,14-16-29)24(31)32)26(11-5-6-12-26)28-25(33)35-17-22-20-9-3-1-7-18(20)19-8-2-4-10-21(19)22/h1-4,7-10,22,34H,5-6,11-17H2,(H,28,33)(H,31,32). The van der Waals surface area contributed by atoms with Gasteiger partial charge in [0.2, 0.25) is 5.91 Å². The molecule has 0 aromatic heterocycles. The average molecular weight is 479 g/mol. The van der Waals surface area contributed by atoms with Gasteiger partial charge in [-0.2, -0.15) is 0 Å². The van der Waals surface area contributed by atoms with Crippen molar-refractivity contribution in [1.29, 1.82) is 0 Å². The number of amides is 2. The maximum atomic E-state index is 13.5. The number of fused-ring (bicyclic) bond motifs is 3. The lowest BCUT2D eigenvalue weighted by molar-refractivity contribution is -0.166. The number of carbonyl (C=O) groups excluding carboxylic acids is 2. The normalized spacial score (nSPS) is 20.1. The zero-order valence-corrected chi connectivity index (χ0v) is 19.5. The molecule has 8 nitrogen and oxygen atoms in total. The molecule has 2 aliphatic carbocycles. The molecule has 1 saturated carbocycles. The minimum absolute atomic E-state index is 0.0326. The van der Waals surface area contributed by atoms with Crippen molar-refractivity contribution < 1.29 is 29.3 Å². The molecule has 1 heterocycles. The number of hydrogen-bond donors (Lipinski definition) is 3. The van der Waals surface area contributed by atoms with Gasteiger partial charge in [0.15, 0.2) is 5.60 Å². The molecular formula is C27H30N2O6. The van der Waals surface area contributed by atoms with Crippen LogP contribution in [0.5, 0.6) is 0 Å². The molecule has 3 N–H and O–H groups in total. The number of carbonyl (C=O) groups is 3. The van der Waals surface area contributed by atoms with Crippen LogP contribution in [0.2, 0.25) is 0 Å². The van der Waals surface area contributed by atoms with Gasteiger partial charge in [-0.05, 0) is 35.1 Å². The second kappa shape index (κ2) is 9.00. The Hall–Kier alpha value is -3.39. The topological polar surface area (TPSA) is 116 Å². The summed E-state index contributed by atoms with van der Waals surface area (Å²) in [6.07, 6.45) is 1.95. The van der Waals surface area contributed by atoms with Crippen molar-refractivity contribution in [1.82, 2.24) is 10.2 Å². The molecular weight excluding hydrogens is 448 g/mol. The number of aliphatic carboxylic acids is 1. The number of nitrogens with zero attached hydrogens (tertiary/aromatic N) is 1. The van der Waals surface area contributed by atoms with Crippen LogP contribution in [0.4, 0.5) is 4.79 Å². The third kappa shape index (κ3) is 4.16. The molecule has 0 radical (unpaired) electrons. The van der Waals surface area contributed by atoms with E-state index in [0.29, 0.717) is 12.8 Å². The Balaban J connectivity index is 1.26. The highest BCUT2D eigenvalue weighted by Crippen LogP contribution is 2.44. The van der Waals surface area contributed by atoms with Crippen molar-refractivity contribution in [3.05, 3.63) is 59.7 Å². The number of rotatable bonds is 5. The molecule has 3 aliphatic rings. The van der Waals surface area contributed by atoms with Crippen molar-refractivity contribution in [2.45, 2.75) is 55.6 Å². The summed E-state index contributed by atoms with van der Waals surface area (Å²) in [5.74, 6) is -1.56. The maximum absolute atomic E-state index is 13.5. The monoisotopic (exact) mass is 478 g/mol. The first-order valence-electron chi connectivity index (χ1n) is 12.2. The highest BCUT2D eigenvalue weighted by atomic mass is 16.5. The van der Waals surface area contributed by atoms with E-state index in [-0.39, 0.29) is 44.4 Å². The highest BCUT2D eigenvalue weighted by molar-refractivity contribution is 5.91. The largest absolute Gasteiger partial charge is 0.479 e. The second-order valence-corrected chi connectivity index (χ2v) is 9.87. The molecule has 5 rings (SSSR count). The molecule has 0 spiro atoms. The van der Waals surface area contributed by atoms with E-state index in [4.69, 9.17) is 4.74 Å². The summed E-state index contributed by atoms with van der Waals surface area (Å²) in [6.45, 7) is 0.436. The second-order valence-electron chi connectivity index (χ2n) is 9.87. The van der Waals surface area contributed by atoms with Gasteiger partial charge in [0.25, 0.3) is 0 Å². The number of aliphatic hydroxyl groups is 1. The molecule has 2 aromatic rings. The van der Waals surface area contributed by atoms with Crippen LogP contribution in [0.3, 0.4) is 0 Å². The molecule has 0 atom stereocenters. The predicted molar refractivity (Wildman–Crippen MR) is 128 cm³/mol. The van der Waals surface area contributed by atoms with Crippen LogP contribution in [0, 0.1) is 0 Å². The van der Waals surface area contributed by atoms with Crippen molar-refractivity contribution in [2.24, 2.45) is 0 Å². The lowest BCUT2D eigenvalue weighted by atomic mass is 9.89. The Kier molecular flexibility index (Phi) is 6.01. The third-order valence-electron chi connectivity index (χ3n) is 7.83. The average Bonchev–Trinajstić information content (AvgIpc) is 3.46. The number of carboxylic acids is 1. The zero-order chi connectivity index (χ0) is 24.6. The summed E-state index contributed by atoms with van der Waals surface area (Å²) in [6, 6.07) is 16.2. The summed E-state index contributed by atoms with van der Waals surface area (Å²) < 4.78 is 5.69. The number of carboxylic acid groups (broad SMARTS) is 1. The van der Waals surface area contributed by atoms with Gasteiger partial charge < -0.3 is 25.2 Å². The van der Waals surface area contributed by atoms with Crippen LogP contribution in [-0.2, 0) is 14.3 Å². The fourth-order valence-electron chi connectivity index (χ4n) is 5.80. The first-order chi connectivity index (χ1) is 16.8. The van der Waals surface area contributed by atoms with E-state index in [2.05, 4.69) is 29.6 Å². The third-order valence-corrected chi connectivity index (χ3v) is 7.83. The SMILES string of the molecule is O=C(NC1(C(=O)N2CCC(O)(C(=O)O)CC2)CCCC1)OCC1c2ccccc2-c2ccccc21. The van der Waals surface area contributed by atoms with E-state index in [1.54, 1.807) is 4.90 Å². The first kappa shape index (κ1) is 23.4. The van der Waals surface area contributed by atoms with Crippen LogP contribution in [0.15, 0.2) is 48.5 Å². The number of piperidine rings is 1. The summed E-state index contributed by atoms with van der Waals surface area (Å²) in [4.78, 5) is 39.3. The predicted octanol–water partition coefficient (Wildman–Crippen LogP) is 3.28. The van der Waals surface area contributed by atoms with Gasteiger partial charge in [0.05, 0.1) is 0 Å². The summed E-state index contributed by atoms with van der Waals surface area (Å²) in [5.41, 5.74) is 1.66. The molecule has 2 aromatic carbocycles. The maximum Gasteiger partial charge on any atom is 0.408 e. The van der Waals surface area contributed by atoms with Crippen molar-refractivity contribution in [3.63, 3.8) is 0 Å². The number of benzene rings is 2. The molecule has 0 bridgehead atoms. The molecule has 1 saturated heterocycles. The number of hydrogen-bond acceptors (Lipinski definition) is 5. The molecule has 2 amide bonds. The van der Waals surface area contributed by atoms with Gasteiger partial charge in [0, 0.05) is 31.8 Å². The van der Waals surface area contributed by atoms with E-state index in [0.717, 1.165) is 35.1 Å². The van der Waals surface area contributed by atoms with Crippen LogP contribution in [0.1, 0.15) is 55.6 Å². The highest BCUT2D eigenvalue weighted by Gasteiger charge is 2.48. The number of alkyl carbamates (subject to hydrolysis) is 1. The minimum atomic E-state index is -1.81. The smallest absolute Gasteiger partial charge is 0.408 e. The van der Waals surface area contributed by atoms with Gasteiger partial charge in [0.1, 0.15) is 12.1 Å². The number of likely N-dealkylation sites (tertiary alicyclic amines) is 1. The fourth-order valence-corrected chi connectivity index (χ4v) is 5.80. The van der Waals surface area contributed by atoms with E-state index in [1.165, 1.54) is 0 Å². The van der Waals surface area contributed by atoms with Crippen molar-refractivity contribution >= 4 is 18.0 Å². The molecule has 8 heteroatoms. The molecule has 0 unspecified atom stereocenters. The Labute approximate surface area is 203 Å². The van der Waals surface area contributed by atoms with E-state index < -0.39 is 23.2 Å². The van der Waals surface area contributed by atoms with Crippen molar-refractivity contribution in [3.8, 4) is 11.1 Å². The molecule has 184 valence electrons. The minimum Gasteiger partial charge on any atom is -0.479 e. The van der Waals surface area contributed by atoms with Crippen LogP contribution in [-0.4, -0.2) is 63.9 Å². The van der Waals surface area contributed by atoms with Gasteiger partial charge in [-0.25, -0.2) is 9.59 Å². The lowest BCUT2D eigenvalue weighted by Crippen LogP contribution is -2.61. The van der Waals surface area contributed by atoms with Crippen LogP contribution >= 0.6 is 0 Å². The number of nitrogens with one attached hydrogen (secondary N) is 1. The Bertz CT molecular complexity index is 1100. The van der Waals surface area contributed by atoms with E-state index in [1.807, 2.05) is 24.3 Å². The Morgan fingerprint density at radius 2 is 1.46 bits per heavy atom. The first-order valence-corrected chi connectivity index (χ1v) is 12.2. The summed E-state index contributed by atoms with van der Waals surface area (Å²) in [5, 5.41) is 22.3. The van der Waals surface area contributed by atoms with Gasteiger partial charge >= 0.3 is 12.1 Å². The summed E-state index contributed by atoms with van der Waals surface area (Å²) >= 11 is 0. The van der Waals surface area contributed by atoms with Crippen LogP contribution in [0.25, 0.3) is 11.1 Å². The molecule has 2 fully saturated rings. The summed E-state index contributed by atoms with van der Waals surface area (Å²) in [7, 11) is 0. The Morgan fingerprint density at radius 3 is 2.00 bits per heavy atom. The quantitative estimate of drug-likeness (QED) is 0.607. The molecule has 1 aliphatic heterocycles. The fraction of sp³-hybridized carbons (Fsp3) is 0.444. The molecule has 35 heavy (non-hydrogen) atoms. The van der Waals surface area contributed by atoms with E-state index >= 15 is 0 Å². The number of ether oxygens (including phenoxy) is 1. The van der Waals surface area contributed by atoms with Gasteiger partial charge in [-0.3, -0.25) is 4.79 Å². The van der Waals surface area contributed by atoms with Crippen molar-refractivity contribution in [2.75, 3.05) is 19.7 Å². The lowest BCUT2D eigenvalue weighted by Gasteiger charge is -2.40. The van der Waals surface area contributed by atoms with Crippen LogP contribution < -0.4 is 5.32 Å². The van der Waals surface area contributed by atoms with E-state index in [9.17, 15) is 24.6 Å². The zero-order valence-electron chi connectivity index (χ0n) is 19.5. The van der Waals surface area contributed by atoms with Gasteiger partial charge in [-0.15, -0.1) is 0 Å². The van der Waals surface area contributed by atoms with Gasteiger partial charge in [-0.1, -0.05) is 61.4 Å².